The van der Waals surface area contributed by atoms with E-state index < -0.39 is 17.7 Å². The maximum absolute atomic E-state index is 13.4. The molecule has 7 heteroatoms. The number of benzene rings is 3. The smallest absolute Gasteiger partial charge is 0.300 e. The molecule has 1 N–H and O–H groups in total. The molecule has 1 unspecified atom stereocenters. The van der Waals surface area contributed by atoms with E-state index in [1.54, 1.807) is 42.5 Å². The van der Waals surface area contributed by atoms with Crippen LogP contribution in [-0.2, 0) is 15.0 Å². The average molecular weight is 502 g/mol. The van der Waals surface area contributed by atoms with Gasteiger partial charge in [-0.2, -0.15) is 0 Å². The molecular weight excluding hydrogens is 470 g/mol. The number of hydrogen-bond acceptors (Lipinski definition) is 6. The Morgan fingerprint density at radius 3 is 2.11 bits per heavy atom. The van der Waals surface area contributed by atoms with Gasteiger partial charge in [0.1, 0.15) is 11.5 Å². The highest BCUT2D eigenvalue weighted by molar-refractivity contribution is 6.51. The number of Topliss-reactive ketones (excluding diaryl/α,β-unsaturated/α-hetero) is 1. The SMILES string of the molecule is COc1cccc(N2C(=O)C(=O)/C(=C(/O)c3ccc(OC)c(OC)c3)C2c2ccc(C(C)(C)C)cc2)c1. The zero-order valence-corrected chi connectivity index (χ0v) is 21.9. The average Bonchev–Trinajstić information content (AvgIpc) is 3.17. The van der Waals surface area contributed by atoms with Gasteiger partial charge in [0.2, 0.25) is 0 Å². The van der Waals surface area contributed by atoms with E-state index in [1.165, 1.54) is 26.2 Å². The van der Waals surface area contributed by atoms with Crippen molar-refractivity contribution >= 4 is 23.1 Å². The molecule has 1 aliphatic heterocycles. The van der Waals surface area contributed by atoms with Gasteiger partial charge in [-0.1, -0.05) is 51.1 Å². The summed E-state index contributed by atoms with van der Waals surface area (Å²) in [5.74, 6) is -0.402. The van der Waals surface area contributed by atoms with Gasteiger partial charge < -0.3 is 19.3 Å². The van der Waals surface area contributed by atoms with Crippen molar-refractivity contribution in [2.75, 3.05) is 26.2 Å². The van der Waals surface area contributed by atoms with Crippen LogP contribution in [0.1, 0.15) is 43.5 Å². The summed E-state index contributed by atoms with van der Waals surface area (Å²) >= 11 is 0. The summed E-state index contributed by atoms with van der Waals surface area (Å²) < 4.78 is 16.0. The van der Waals surface area contributed by atoms with Crippen molar-refractivity contribution in [1.29, 1.82) is 0 Å². The lowest BCUT2D eigenvalue weighted by Gasteiger charge is -2.27. The number of anilines is 1. The lowest BCUT2D eigenvalue weighted by Crippen LogP contribution is -2.29. The topological polar surface area (TPSA) is 85.3 Å². The zero-order chi connectivity index (χ0) is 26.9. The number of aliphatic hydroxyl groups is 1. The van der Waals surface area contributed by atoms with Crippen molar-refractivity contribution in [1.82, 2.24) is 0 Å². The summed E-state index contributed by atoms with van der Waals surface area (Å²) in [7, 11) is 4.53. The van der Waals surface area contributed by atoms with E-state index in [0.29, 0.717) is 34.1 Å². The first-order valence-corrected chi connectivity index (χ1v) is 11.9. The second-order valence-corrected chi connectivity index (χ2v) is 9.81. The maximum Gasteiger partial charge on any atom is 0.300 e. The molecule has 37 heavy (non-hydrogen) atoms. The largest absolute Gasteiger partial charge is 0.507 e. The van der Waals surface area contributed by atoms with Crippen LogP contribution >= 0.6 is 0 Å². The Morgan fingerprint density at radius 1 is 0.838 bits per heavy atom. The Hall–Kier alpha value is -4.26. The molecule has 1 saturated heterocycles. The summed E-state index contributed by atoms with van der Waals surface area (Å²) in [4.78, 5) is 28.3. The monoisotopic (exact) mass is 501 g/mol. The molecule has 1 aliphatic rings. The molecule has 0 aliphatic carbocycles. The molecule has 0 radical (unpaired) electrons. The van der Waals surface area contributed by atoms with Gasteiger partial charge in [0.05, 0.1) is 32.9 Å². The highest BCUT2D eigenvalue weighted by Crippen LogP contribution is 2.44. The summed E-state index contributed by atoms with van der Waals surface area (Å²) in [6.07, 6.45) is 0. The molecule has 3 aromatic carbocycles. The van der Waals surface area contributed by atoms with Crippen molar-refractivity contribution < 1.29 is 28.9 Å². The lowest BCUT2D eigenvalue weighted by atomic mass is 9.85. The van der Waals surface area contributed by atoms with Gasteiger partial charge in [0.15, 0.2) is 11.5 Å². The Morgan fingerprint density at radius 2 is 1.51 bits per heavy atom. The number of aliphatic hydroxyl groups excluding tert-OH is 1. The van der Waals surface area contributed by atoms with E-state index in [0.717, 1.165) is 5.56 Å². The number of carbonyl (C=O) groups excluding carboxylic acids is 2. The van der Waals surface area contributed by atoms with Crippen molar-refractivity contribution in [2.24, 2.45) is 0 Å². The van der Waals surface area contributed by atoms with Crippen LogP contribution in [0.5, 0.6) is 17.2 Å². The second-order valence-electron chi connectivity index (χ2n) is 9.81. The Kier molecular flexibility index (Phi) is 6.99. The fraction of sp³-hybridized carbons (Fsp3) is 0.267. The summed E-state index contributed by atoms with van der Waals surface area (Å²) in [5.41, 5.74) is 2.53. The van der Waals surface area contributed by atoms with Gasteiger partial charge in [-0.3, -0.25) is 14.5 Å². The third-order valence-electron chi connectivity index (χ3n) is 6.53. The van der Waals surface area contributed by atoms with E-state index >= 15 is 0 Å². The third-order valence-corrected chi connectivity index (χ3v) is 6.53. The molecule has 1 fully saturated rings. The minimum absolute atomic E-state index is 0.0106. The highest BCUT2D eigenvalue weighted by atomic mass is 16.5. The van der Waals surface area contributed by atoms with Crippen LogP contribution in [0.3, 0.4) is 0 Å². The summed E-state index contributed by atoms with van der Waals surface area (Å²) in [6, 6.07) is 18.7. The zero-order valence-electron chi connectivity index (χ0n) is 21.9. The molecule has 1 heterocycles. The summed E-state index contributed by atoms with van der Waals surface area (Å²) in [6.45, 7) is 6.34. The fourth-order valence-electron chi connectivity index (χ4n) is 4.48. The van der Waals surface area contributed by atoms with Crippen LogP contribution in [0.4, 0.5) is 5.69 Å². The minimum atomic E-state index is -0.853. The predicted octanol–water partition coefficient (Wildman–Crippen LogP) is 5.64. The van der Waals surface area contributed by atoms with Crippen LogP contribution in [-0.4, -0.2) is 38.1 Å². The van der Waals surface area contributed by atoms with E-state index in [2.05, 4.69) is 20.8 Å². The number of ketones is 1. The number of carbonyl (C=O) groups is 2. The lowest BCUT2D eigenvalue weighted by molar-refractivity contribution is -0.132. The van der Waals surface area contributed by atoms with Crippen LogP contribution in [0.15, 0.2) is 72.3 Å². The minimum Gasteiger partial charge on any atom is -0.507 e. The van der Waals surface area contributed by atoms with Gasteiger partial charge in [0, 0.05) is 17.3 Å². The van der Waals surface area contributed by atoms with Crippen LogP contribution in [0, 0.1) is 0 Å². The summed E-state index contributed by atoms with van der Waals surface area (Å²) in [5, 5.41) is 11.4. The Bertz CT molecular complexity index is 1370. The number of hydrogen-bond donors (Lipinski definition) is 1. The van der Waals surface area contributed by atoms with Gasteiger partial charge >= 0.3 is 0 Å². The molecule has 192 valence electrons. The van der Waals surface area contributed by atoms with Crippen molar-refractivity contribution in [3.05, 3.63) is 89.0 Å². The van der Waals surface area contributed by atoms with Crippen LogP contribution in [0.2, 0.25) is 0 Å². The van der Waals surface area contributed by atoms with E-state index in [1.807, 2.05) is 24.3 Å². The normalized spacial score (nSPS) is 17.1. The van der Waals surface area contributed by atoms with Gasteiger partial charge in [-0.15, -0.1) is 0 Å². The van der Waals surface area contributed by atoms with Crippen LogP contribution < -0.4 is 19.1 Å². The van der Waals surface area contributed by atoms with Gasteiger partial charge in [-0.25, -0.2) is 0 Å². The molecule has 0 aromatic heterocycles. The van der Waals surface area contributed by atoms with E-state index in [-0.39, 0.29) is 16.7 Å². The molecule has 1 atom stereocenters. The molecule has 1 amide bonds. The first-order chi connectivity index (χ1) is 17.6. The van der Waals surface area contributed by atoms with Gasteiger partial charge in [0.25, 0.3) is 11.7 Å². The molecule has 0 spiro atoms. The van der Waals surface area contributed by atoms with E-state index in [4.69, 9.17) is 14.2 Å². The Labute approximate surface area is 216 Å². The number of rotatable bonds is 6. The standard InChI is InChI=1S/C30H31NO6/c1-30(2,3)20-13-10-18(11-14-20)26-25(27(32)19-12-15-23(36-5)24(16-19)37-6)28(33)29(34)31(26)21-8-7-9-22(17-21)35-4/h7-17,26,32H,1-6H3/b27-25+. The maximum atomic E-state index is 13.4. The number of amides is 1. The number of methoxy groups -OCH3 is 3. The quantitative estimate of drug-likeness (QED) is 0.267. The first-order valence-electron chi connectivity index (χ1n) is 11.9. The highest BCUT2D eigenvalue weighted by Gasteiger charge is 2.47. The first kappa shape index (κ1) is 25.8. The van der Waals surface area contributed by atoms with E-state index in [9.17, 15) is 14.7 Å². The molecule has 4 rings (SSSR count). The van der Waals surface area contributed by atoms with Crippen LogP contribution in [0.25, 0.3) is 5.76 Å². The fourth-order valence-corrected chi connectivity index (χ4v) is 4.48. The van der Waals surface area contributed by atoms with Crippen molar-refractivity contribution in [2.45, 2.75) is 32.2 Å². The molecule has 3 aromatic rings. The Balaban J connectivity index is 1.94. The molecule has 7 nitrogen and oxygen atoms in total. The number of ether oxygens (including phenoxy) is 3. The van der Waals surface area contributed by atoms with Crippen molar-refractivity contribution in [3.8, 4) is 17.2 Å². The van der Waals surface area contributed by atoms with Gasteiger partial charge in [-0.05, 0) is 46.9 Å². The van der Waals surface area contributed by atoms with Crippen molar-refractivity contribution in [3.63, 3.8) is 0 Å². The molecular formula is C30H31NO6. The predicted molar refractivity (Wildman–Crippen MR) is 142 cm³/mol. The molecule has 0 saturated carbocycles. The second kappa shape index (κ2) is 10.0. The number of nitrogens with zero attached hydrogens (tertiary/aromatic N) is 1. The molecule has 0 bridgehead atoms. The third kappa shape index (κ3) is 4.77.